The Morgan fingerprint density at radius 3 is 1.86 bits per heavy atom. The van der Waals surface area contributed by atoms with E-state index in [0.717, 1.165) is 37.7 Å². The number of allylic oxidation sites excluding steroid dienone is 2. The summed E-state index contributed by atoms with van der Waals surface area (Å²) in [6, 6.07) is 20.9. The Balaban J connectivity index is 1.91. The number of carbonyl (C=O) groups excluding carboxylic acids is 1. The van der Waals surface area contributed by atoms with Crippen LogP contribution >= 0.6 is 0 Å². The first kappa shape index (κ1) is 14.8. The average Bonchev–Trinajstić information content (AvgIpc) is 2.73. The van der Waals surface area contributed by atoms with E-state index >= 15 is 0 Å². The summed E-state index contributed by atoms with van der Waals surface area (Å²) in [6.07, 6.45) is 5.61. The van der Waals surface area contributed by atoms with E-state index < -0.39 is 0 Å². The van der Waals surface area contributed by atoms with Crippen LogP contribution in [0.3, 0.4) is 0 Å². The summed E-state index contributed by atoms with van der Waals surface area (Å²) >= 11 is 0. The molecule has 0 fully saturated rings. The van der Waals surface area contributed by atoms with Crippen LogP contribution in [0, 0.1) is 0 Å². The highest BCUT2D eigenvalue weighted by Gasteiger charge is 2.19. The van der Waals surface area contributed by atoms with Gasteiger partial charge in [0.15, 0.2) is 5.78 Å². The number of rotatable bonds is 4. The van der Waals surface area contributed by atoms with Gasteiger partial charge >= 0.3 is 0 Å². The Morgan fingerprint density at radius 2 is 1.23 bits per heavy atom. The zero-order valence-corrected chi connectivity index (χ0v) is 12.9. The molecule has 1 aliphatic rings. The smallest absolute Gasteiger partial charge is 0.159 e. The van der Waals surface area contributed by atoms with Gasteiger partial charge in [-0.05, 0) is 42.4 Å². The first-order valence-corrected chi connectivity index (χ1v) is 8.15. The molecule has 0 saturated carbocycles. The predicted molar refractivity (Wildman–Crippen MR) is 90.8 cm³/mol. The summed E-state index contributed by atoms with van der Waals surface area (Å²) in [5.74, 6) is 0.354. The third-order valence-electron chi connectivity index (χ3n) is 4.38. The summed E-state index contributed by atoms with van der Waals surface area (Å²) in [6.45, 7) is 0. The average molecular weight is 290 g/mol. The van der Waals surface area contributed by atoms with Crippen molar-refractivity contribution in [3.8, 4) is 0 Å². The van der Waals surface area contributed by atoms with Crippen LogP contribution in [0.4, 0.5) is 0 Å². The standard InChI is InChI=1S/C21H22O/c22-21-14-8-7-13-19(15-17-9-3-1-4-10-17)20(21)16-18-11-5-2-6-12-18/h1-6,9-12H,7-8,13-16H2. The van der Waals surface area contributed by atoms with Gasteiger partial charge in [-0.1, -0.05) is 66.2 Å². The van der Waals surface area contributed by atoms with Crippen molar-refractivity contribution < 1.29 is 4.79 Å². The van der Waals surface area contributed by atoms with Gasteiger partial charge in [-0.2, -0.15) is 0 Å². The van der Waals surface area contributed by atoms with Gasteiger partial charge in [0.1, 0.15) is 0 Å². The first-order valence-electron chi connectivity index (χ1n) is 8.15. The van der Waals surface area contributed by atoms with Crippen molar-refractivity contribution in [3.05, 3.63) is 82.9 Å². The topological polar surface area (TPSA) is 17.1 Å². The maximum Gasteiger partial charge on any atom is 0.159 e. The second-order valence-electron chi connectivity index (χ2n) is 6.04. The van der Waals surface area contributed by atoms with E-state index in [1.54, 1.807) is 0 Å². The zero-order chi connectivity index (χ0) is 15.2. The summed E-state index contributed by atoms with van der Waals surface area (Å²) in [7, 11) is 0. The van der Waals surface area contributed by atoms with Crippen molar-refractivity contribution in [1.82, 2.24) is 0 Å². The minimum atomic E-state index is 0.354. The Labute approximate surface area is 132 Å². The molecule has 2 aromatic carbocycles. The normalized spacial score (nSPS) is 15.7. The molecular weight excluding hydrogens is 268 g/mol. The maximum absolute atomic E-state index is 12.6. The molecule has 0 unspecified atom stereocenters. The van der Waals surface area contributed by atoms with Gasteiger partial charge in [-0.3, -0.25) is 4.79 Å². The molecule has 0 aromatic heterocycles. The third-order valence-corrected chi connectivity index (χ3v) is 4.38. The van der Waals surface area contributed by atoms with Crippen LogP contribution < -0.4 is 0 Å². The molecule has 0 spiro atoms. The minimum Gasteiger partial charge on any atom is -0.295 e. The minimum absolute atomic E-state index is 0.354. The molecular formula is C21H22O. The molecule has 3 rings (SSSR count). The fourth-order valence-corrected chi connectivity index (χ4v) is 3.18. The number of ketones is 1. The quantitative estimate of drug-likeness (QED) is 0.781. The van der Waals surface area contributed by atoms with Crippen molar-refractivity contribution >= 4 is 5.78 Å². The van der Waals surface area contributed by atoms with Crippen LogP contribution in [0.2, 0.25) is 0 Å². The van der Waals surface area contributed by atoms with E-state index in [2.05, 4.69) is 36.4 Å². The van der Waals surface area contributed by atoms with E-state index in [1.807, 2.05) is 24.3 Å². The van der Waals surface area contributed by atoms with E-state index in [1.165, 1.54) is 16.7 Å². The van der Waals surface area contributed by atoms with Crippen LogP contribution in [0.5, 0.6) is 0 Å². The lowest BCUT2D eigenvalue weighted by molar-refractivity contribution is -0.115. The highest BCUT2D eigenvalue weighted by molar-refractivity contribution is 5.96. The second-order valence-corrected chi connectivity index (χ2v) is 6.04. The summed E-state index contributed by atoms with van der Waals surface area (Å²) in [4.78, 5) is 12.6. The second kappa shape index (κ2) is 7.22. The molecule has 1 nitrogen and oxygen atoms in total. The van der Waals surface area contributed by atoms with E-state index in [4.69, 9.17) is 0 Å². The Morgan fingerprint density at radius 1 is 0.682 bits per heavy atom. The van der Waals surface area contributed by atoms with Crippen molar-refractivity contribution in [3.63, 3.8) is 0 Å². The Kier molecular flexibility index (Phi) is 4.85. The fourth-order valence-electron chi connectivity index (χ4n) is 3.18. The number of carbonyl (C=O) groups is 1. The summed E-state index contributed by atoms with van der Waals surface area (Å²) < 4.78 is 0. The van der Waals surface area contributed by atoms with Gasteiger partial charge < -0.3 is 0 Å². The molecule has 0 atom stereocenters. The lowest BCUT2D eigenvalue weighted by Gasteiger charge is -2.13. The van der Waals surface area contributed by atoms with Gasteiger partial charge in [-0.25, -0.2) is 0 Å². The SMILES string of the molecule is O=C1CCCCC(Cc2ccccc2)=C1Cc1ccccc1. The molecule has 0 aliphatic heterocycles. The van der Waals surface area contributed by atoms with Crippen LogP contribution in [0.15, 0.2) is 71.8 Å². The van der Waals surface area contributed by atoms with Crippen molar-refractivity contribution in [2.24, 2.45) is 0 Å². The molecule has 0 radical (unpaired) electrons. The predicted octanol–water partition coefficient (Wildman–Crippen LogP) is 4.91. The van der Waals surface area contributed by atoms with Gasteiger partial charge in [-0.15, -0.1) is 0 Å². The van der Waals surface area contributed by atoms with E-state index in [9.17, 15) is 4.79 Å². The highest BCUT2D eigenvalue weighted by atomic mass is 16.1. The highest BCUT2D eigenvalue weighted by Crippen LogP contribution is 2.27. The van der Waals surface area contributed by atoms with Crippen LogP contribution in [0.1, 0.15) is 36.8 Å². The first-order chi connectivity index (χ1) is 10.8. The van der Waals surface area contributed by atoms with Crippen LogP contribution in [-0.4, -0.2) is 5.78 Å². The molecule has 2 aromatic rings. The molecule has 0 N–H and O–H groups in total. The maximum atomic E-state index is 12.6. The molecule has 0 amide bonds. The Hall–Kier alpha value is -2.15. The largest absolute Gasteiger partial charge is 0.295 e. The van der Waals surface area contributed by atoms with Crippen molar-refractivity contribution in [2.45, 2.75) is 38.5 Å². The number of hydrogen-bond acceptors (Lipinski definition) is 1. The summed E-state index contributed by atoms with van der Waals surface area (Å²) in [5, 5.41) is 0. The van der Waals surface area contributed by atoms with Gasteiger partial charge in [0.25, 0.3) is 0 Å². The van der Waals surface area contributed by atoms with Crippen molar-refractivity contribution in [2.75, 3.05) is 0 Å². The van der Waals surface area contributed by atoms with Crippen LogP contribution in [0.25, 0.3) is 0 Å². The monoisotopic (exact) mass is 290 g/mol. The molecule has 112 valence electrons. The Bertz CT molecular complexity index is 653. The zero-order valence-electron chi connectivity index (χ0n) is 12.9. The molecule has 1 heteroatoms. The molecule has 0 heterocycles. The van der Waals surface area contributed by atoms with Crippen molar-refractivity contribution in [1.29, 1.82) is 0 Å². The van der Waals surface area contributed by atoms with Gasteiger partial charge in [0, 0.05) is 12.8 Å². The number of benzene rings is 2. The van der Waals surface area contributed by atoms with Gasteiger partial charge in [0.2, 0.25) is 0 Å². The van der Waals surface area contributed by atoms with E-state index in [0.29, 0.717) is 12.2 Å². The summed E-state index contributed by atoms with van der Waals surface area (Å²) in [5.41, 5.74) is 4.95. The van der Waals surface area contributed by atoms with E-state index in [-0.39, 0.29) is 0 Å². The number of Topliss-reactive ketones (excluding diaryl/α,β-unsaturated/α-hetero) is 1. The number of hydrogen-bond donors (Lipinski definition) is 0. The lowest BCUT2D eigenvalue weighted by Crippen LogP contribution is -2.08. The molecule has 22 heavy (non-hydrogen) atoms. The van der Waals surface area contributed by atoms with Gasteiger partial charge in [0.05, 0.1) is 0 Å². The third kappa shape index (κ3) is 3.73. The fraction of sp³-hybridized carbons (Fsp3) is 0.286. The lowest BCUT2D eigenvalue weighted by atomic mass is 9.91. The molecule has 0 saturated heterocycles. The molecule has 1 aliphatic carbocycles. The van der Waals surface area contributed by atoms with Crippen LogP contribution in [-0.2, 0) is 17.6 Å². The molecule has 0 bridgehead atoms.